The number of nitriles is 1. The summed E-state index contributed by atoms with van der Waals surface area (Å²) in [7, 11) is -3.58. The zero-order valence-corrected chi connectivity index (χ0v) is 17.2. The highest BCUT2D eigenvalue weighted by molar-refractivity contribution is 7.93. The second-order valence-corrected chi connectivity index (χ2v) is 9.98. The summed E-state index contributed by atoms with van der Waals surface area (Å²) in [5.74, 6) is -1.99. The van der Waals surface area contributed by atoms with Gasteiger partial charge in [-0.05, 0) is 42.5 Å². The number of hydrogen-bond acceptors (Lipinski definition) is 5. The highest BCUT2D eigenvalue weighted by atomic mass is 32.2. The third-order valence-corrected chi connectivity index (χ3v) is 8.05. The summed E-state index contributed by atoms with van der Waals surface area (Å²) in [4.78, 5) is 24.1. The van der Waals surface area contributed by atoms with Crippen molar-refractivity contribution in [3.63, 3.8) is 0 Å². The van der Waals surface area contributed by atoms with E-state index in [0.29, 0.717) is 17.5 Å². The van der Waals surface area contributed by atoms with Crippen molar-refractivity contribution < 1.29 is 23.1 Å². The summed E-state index contributed by atoms with van der Waals surface area (Å²) in [5, 5.41) is 19.3. The van der Waals surface area contributed by atoms with Crippen LogP contribution in [0.2, 0.25) is 0 Å². The van der Waals surface area contributed by atoms with Crippen LogP contribution in [0.3, 0.4) is 0 Å². The van der Waals surface area contributed by atoms with E-state index in [0.717, 1.165) is 11.1 Å². The molecular weight excluding hydrogens is 404 g/mol. The van der Waals surface area contributed by atoms with Crippen molar-refractivity contribution in [2.24, 2.45) is 0 Å². The SMILES string of the molecule is CC1CCC(C(=O)N[C@@H](Cc2ccc(-c3ccccc3C#N)cc2)C(=O)O)S1(=O)=O. The molecule has 0 aromatic heterocycles. The molecule has 0 bridgehead atoms. The molecule has 156 valence electrons. The average Bonchev–Trinajstić information content (AvgIpc) is 3.00. The van der Waals surface area contributed by atoms with Gasteiger partial charge in [0.25, 0.3) is 0 Å². The number of nitrogens with one attached hydrogen (secondary N) is 1. The highest BCUT2D eigenvalue weighted by Gasteiger charge is 2.43. The number of benzene rings is 2. The van der Waals surface area contributed by atoms with E-state index in [4.69, 9.17) is 0 Å². The Hall–Kier alpha value is -3.18. The number of carbonyl (C=O) groups excluding carboxylic acids is 1. The highest BCUT2D eigenvalue weighted by Crippen LogP contribution is 2.27. The maximum Gasteiger partial charge on any atom is 0.326 e. The molecule has 0 saturated carbocycles. The molecule has 1 fully saturated rings. The molecule has 2 unspecified atom stereocenters. The van der Waals surface area contributed by atoms with Gasteiger partial charge in [0.05, 0.1) is 16.9 Å². The fraction of sp³-hybridized carbons (Fsp3) is 0.318. The third-order valence-electron chi connectivity index (χ3n) is 5.45. The Kier molecular flexibility index (Phi) is 6.22. The predicted molar refractivity (Wildman–Crippen MR) is 111 cm³/mol. The minimum Gasteiger partial charge on any atom is -0.480 e. The first-order chi connectivity index (χ1) is 14.2. The smallest absolute Gasteiger partial charge is 0.326 e. The Labute approximate surface area is 175 Å². The van der Waals surface area contributed by atoms with E-state index in [1.807, 2.05) is 12.1 Å². The van der Waals surface area contributed by atoms with Gasteiger partial charge in [0.15, 0.2) is 9.84 Å². The van der Waals surface area contributed by atoms with Gasteiger partial charge in [-0.2, -0.15) is 5.26 Å². The maximum absolute atomic E-state index is 12.4. The van der Waals surface area contributed by atoms with Crippen molar-refractivity contribution in [2.45, 2.75) is 42.7 Å². The van der Waals surface area contributed by atoms with Crippen molar-refractivity contribution in [3.05, 3.63) is 59.7 Å². The Morgan fingerprint density at radius 3 is 2.40 bits per heavy atom. The lowest BCUT2D eigenvalue weighted by molar-refractivity contribution is -0.141. The van der Waals surface area contributed by atoms with Crippen LogP contribution in [0.4, 0.5) is 0 Å². The standard InChI is InChI=1S/C22H22N2O5S/c1-14-6-11-20(30(14,28)29)21(25)24-19(22(26)27)12-15-7-9-16(10-8-15)18-5-3-2-4-17(18)13-23/h2-5,7-10,14,19-20H,6,11-12H2,1H3,(H,24,25)(H,26,27)/t14?,19-,20?/m0/s1. The number of carboxylic acid groups (broad SMARTS) is 1. The van der Waals surface area contributed by atoms with Crippen LogP contribution in [0, 0.1) is 11.3 Å². The van der Waals surface area contributed by atoms with Crippen molar-refractivity contribution in [3.8, 4) is 17.2 Å². The van der Waals surface area contributed by atoms with E-state index in [2.05, 4.69) is 11.4 Å². The largest absolute Gasteiger partial charge is 0.480 e. The number of sulfone groups is 1. The number of hydrogen-bond donors (Lipinski definition) is 2. The fourth-order valence-electron chi connectivity index (χ4n) is 3.63. The Morgan fingerprint density at radius 1 is 1.17 bits per heavy atom. The van der Waals surface area contributed by atoms with Gasteiger partial charge in [0.1, 0.15) is 11.3 Å². The molecule has 1 aliphatic rings. The number of rotatable bonds is 6. The van der Waals surface area contributed by atoms with Crippen LogP contribution < -0.4 is 5.32 Å². The van der Waals surface area contributed by atoms with Crippen LogP contribution in [0.1, 0.15) is 30.9 Å². The summed E-state index contributed by atoms with van der Waals surface area (Å²) < 4.78 is 24.5. The van der Waals surface area contributed by atoms with Gasteiger partial charge >= 0.3 is 5.97 Å². The molecule has 0 spiro atoms. The minimum absolute atomic E-state index is 0.0174. The number of amides is 1. The lowest BCUT2D eigenvalue weighted by Crippen LogP contribution is -2.48. The molecule has 8 heteroatoms. The zero-order valence-electron chi connectivity index (χ0n) is 16.4. The number of carboxylic acids is 1. The molecular formula is C22H22N2O5S. The van der Waals surface area contributed by atoms with Gasteiger partial charge in [0.2, 0.25) is 5.91 Å². The van der Waals surface area contributed by atoms with Crippen molar-refractivity contribution in [1.29, 1.82) is 5.26 Å². The first-order valence-corrected chi connectivity index (χ1v) is 11.2. The predicted octanol–water partition coefficient (Wildman–Crippen LogP) is 2.30. The van der Waals surface area contributed by atoms with Crippen LogP contribution in [0.5, 0.6) is 0 Å². The average molecular weight is 426 g/mol. The van der Waals surface area contributed by atoms with Crippen LogP contribution >= 0.6 is 0 Å². The molecule has 0 radical (unpaired) electrons. The number of nitrogens with zero attached hydrogens (tertiary/aromatic N) is 1. The van der Waals surface area contributed by atoms with Gasteiger partial charge in [-0.1, -0.05) is 42.5 Å². The van der Waals surface area contributed by atoms with Crippen LogP contribution in [-0.4, -0.2) is 41.9 Å². The van der Waals surface area contributed by atoms with E-state index >= 15 is 0 Å². The molecule has 0 aliphatic carbocycles. The van der Waals surface area contributed by atoms with E-state index in [-0.39, 0.29) is 12.8 Å². The number of carbonyl (C=O) groups is 2. The van der Waals surface area contributed by atoms with Crippen molar-refractivity contribution in [2.75, 3.05) is 0 Å². The summed E-state index contributed by atoms with van der Waals surface area (Å²) in [6.45, 7) is 1.56. The first-order valence-electron chi connectivity index (χ1n) is 9.58. The second-order valence-electron chi connectivity index (χ2n) is 7.42. The zero-order chi connectivity index (χ0) is 21.9. The normalized spacial score (nSPS) is 20.8. The van der Waals surface area contributed by atoms with E-state index < -0.39 is 38.3 Å². The molecule has 3 atom stereocenters. The van der Waals surface area contributed by atoms with E-state index in [1.54, 1.807) is 43.3 Å². The third kappa shape index (κ3) is 4.36. The molecule has 1 saturated heterocycles. The lowest BCUT2D eigenvalue weighted by Gasteiger charge is -2.18. The maximum atomic E-state index is 12.4. The molecule has 2 aromatic rings. The van der Waals surface area contributed by atoms with Gasteiger partial charge in [-0.3, -0.25) is 4.79 Å². The quantitative estimate of drug-likeness (QED) is 0.730. The van der Waals surface area contributed by atoms with Crippen molar-refractivity contribution in [1.82, 2.24) is 5.32 Å². The molecule has 2 aromatic carbocycles. The fourth-order valence-corrected chi connectivity index (χ4v) is 5.49. The summed E-state index contributed by atoms with van der Waals surface area (Å²) >= 11 is 0. The molecule has 30 heavy (non-hydrogen) atoms. The summed E-state index contributed by atoms with van der Waals surface area (Å²) in [5.41, 5.74) is 2.80. The molecule has 2 N–H and O–H groups in total. The van der Waals surface area contributed by atoms with Crippen molar-refractivity contribution >= 4 is 21.7 Å². The Balaban J connectivity index is 1.74. The van der Waals surface area contributed by atoms with Crippen LogP contribution in [-0.2, 0) is 25.8 Å². The molecule has 7 nitrogen and oxygen atoms in total. The Morgan fingerprint density at radius 2 is 1.83 bits per heavy atom. The molecule has 1 amide bonds. The van der Waals surface area contributed by atoms with Gasteiger partial charge in [-0.25, -0.2) is 13.2 Å². The monoisotopic (exact) mass is 426 g/mol. The minimum atomic E-state index is -3.58. The molecule has 1 aliphatic heterocycles. The van der Waals surface area contributed by atoms with Crippen LogP contribution in [0.15, 0.2) is 48.5 Å². The number of aliphatic carboxylic acids is 1. The first kappa shape index (κ1) is 21.5. The molecule has 3 rings (SSSR count). The topological polar surface area (TPSA) is 124 Å². The van der Waals surface area contributed by atoms with E-state index in [9.17, 15) is 28.4 Å². The van der Waals surface area contributed by atoms with Crippen LogP contribution in [0.25, 0.3) is 11.1 Å². The van der Waals surface area contributed by atoms with Gasteiger partial charge < -0.3 is 10.4 Å². The lowest BCUT2D eigenvalue weighted by atomic mass is 9.97. The summed E-state index contributed by atoms with van der Waals surface area (Å²) in [6, 6.07) is 15.1. The Bertz CT molecular complexity index is 1100. The van der Waals surface area contributed by atoms with Gasteiger partial charge in [0, 0.05) is 6.42 Å². The summed E-state index contributed by atoms with van der Waals surface area (Å²) in [6.07, 6.45) is 0.613. The van der Waals surface area contributed by atoms with Gasteiger partial charge in [-0.15, -0.1) is 0 Å². The molecule has 1 heterocycles. The van der Waals surface area contributed by atoms with E-state index in [1.165, 1.54) is 0 Å². The second kappa shape index (κ2) is 8.67.